The fraction of sp³-hybridized carbons (Fsp3) is 0.400. The predicted octanol–water partition coefficient (Wildman–Crippen LogP) is 2.42. The van der Waals surface area contributed by atoms with Crippen molar-refractivity contribution in [2.75, 3.05) is 0 Å². The van der Waals surface area contributed by atoms with Gasteiger partial charge in [0.15, 0.2) is 0 Å². The normalized spacial score (nSPS) is 15.1. The van der Waals surface area contributed by atoms with Gasteiger partial charge >= 0.3 is 18.1 Å². The summed E-state index contributed by atoms with van der Waals surface area (Å²) in [6.45, 7) is 0. The van der Waals surface area contributed by atoms with Crippen molar-refractivity contribution in [3.63, 3.8) is 0 Å². The average molecular weight is 226 g/mol. The quantitative estimate of drug-likeness (QED) is 0.579. The highest BCUT2D eigenvalue weighted by atomic mass is 19.4. The molecule has 14 heavy (non-hydrogen) atoms. The van der Waals surface area contributed by atoms with Gasteiger partial charge in [0.05, 0.1) is 0 Å². The minimum Gasteiger partial charge on any atom is -0.476 e. The van der Waals surface area contributed by atoms with Gasteiger partial charge < -0.3 is 5.11 Å². The van der Waals surface area contributed by atoms with Gasteiger partial charge in [-0.25, -0.2) is 9.18 Å². The number of allylic oxidation sites excluding steroid dienone is 1. The van der Waals surface area contributed by atoms with Crippen molar-refractivity contribution in [2.45, 2.75) is 12.1 Å². The van der Waals surface area contributed by atoms with Gasteiger partial charge in [-0.05, 0) is 0 Å². The number of alkyl halides is 5. The van der Waals surface area contributed by atoms with Crippen LogP contribution >= 0.6 is 0 Å². The zero-order chi connectivity index (χ0) is 11.7. The van der Waals surface area contributed by atoms with E-state index in [2.05, 4.69) is 0 Å². The number of rotatable bonds is 2. The number of hydrogen-bond acceptors (Lipinski definition) is 1. The summed E-state index contributed by atoms with van der Waals surface area (Å²) in [6.07, 6.45) is -6.39. The van der Waals surface area contributed by atoms with Crippen LogP contribution in [0.2, 0.25) is 0 Å². The predicted molar refractivity (Wildman–Crippen MR) is 27.9 cm³/mol. The molecule has 0 bridgehead atoms. The molecule has 0 fully saturated rings. The minimum absolute atomic E-state index is 2.84. The Morgan fingerprint density at radius 2 is 1.36 bits per heavy atom. The second kappa shape index (κ2) is 3.46. The maximum atomic E-state index is 12.0. The lowest BCUT2D eigenvalue weighted by atomic mass is 10.2. The van der Waals surface area contributed by atoms with E-state index >= 15 is 0 Å². The summed E-state index contributed by atoms with van der Waals surface area (Å²) < 4.78 is 81.6. The summed E-state index contributed by atoms with van der Waals surface area (Å²) in [5, 5.41) is 7.61. The Labute approximate surface area is 71.6 Å². The maximum absolute atomic E-state index is 12.0. The van der Waals surface area contributed by atoms with E-state index < -0.39 is 29.7 Å². The molecular formula is C5HF7O2. The Morgan fingerprint density at radius 3 is 1.57 bits per heavy atom. The molecule has 0 aromatic heterocycles. The van der Waals surface area contributed by atoms with E-state index in [9.17, 15) is 35.5 Å². The number of carboxylic acids is 1. The second-order valence-electron chi connectivity index (χ2n) is 2.01. The third-order valence-corrected chi connectivity index (χ3v) is 1.01. The van der Waals surface area contributed by atoms with Crippen LogP contribution in [0.5, 0.6) is 0 Å². The number of hydrogen-bond donors (Lipinski definition) is 1. The van der Waals surface area contributed by atoms with Crippen molar-refractivity contribution >= 4 is 5.97 Å². The lowest BCUT2D eigenvalue weighted by Gasteiger charge is -2.17. The molecule has 0 aliphatic rings. The Hall–Kier alpha value is -1.28. The molecule has 0 spiro atoms. The Balaban J connectivity index is 5.33. The standard InChI is InChI=1S/C5HF7O2/c6-1(3(13)14)2(7)4(8,9)5(10,11)12/h(H,13,14). The molecule has 9 heteroatoms. The maximum Gasteiger partial charge on any atom is 0.460 e. The smallest absolute Gasteiger partial charge is 0.460 e. The molecule has 0 aliphatic carbocycles. The van der Waals surface area contributed by atoms with Crippen LogP contribution in [0, 0.1) is 0 Å². The lowest BCUT2D eigenvalue weighted by Crippen LogP contribution is -2.38. The highest BCUT2D eigenvalue weighted by molar-refractivity contribution is 5.84. The van der Waals surface area contributed by atoms with Crippen LogP contribution in [-0.4, -0.2) is 23.2 Å². The molecule has 0 amide bonds. The second-order valence-corrected chi connectivity index (χ2v) is 2.01. The Bertz CT molecular complexity index is 276. The van der Waals surface area contributed by atoms with Gasteiger partial charge in [0.2, 0.25) is 11.7 Å². The molecule has 0 unspecified atom stereocenters. The van der Waals surface area contributed by atoms with E-state index in [1.807, 2.05) is 0 Å². The first-order chi connectivity index (χ1) is 6.01. The molecule has 0 aliphatic heterocycles. The van der Waals surface area contributed by atoms with Crippen molar-refractivity contribution in [2.24, 2.45) is 0 Å². The van der Waals surface area contributed by atoms with Crippen LogP contribution in [0.15, 0.2) is 11.7 Å². The summed E-state index contributed by atoms with van der Waals surface area (Å²) >= 11 is 0. The van der Waals surface area contributed by atoms with Crippen LogP contribution in [0.4, 0.5) is 30.7 Å². The molecule has 0 aromatic carbocycles. The summed E-state index contributed by atoms with van der Waals surface area (Å²) in [7, 11) is 0. The number of carbonyl (C=O) groups is 1. The third-order valence-electron chi connectivity index (χ3n) is 1.01. The fourth-order valence-corrected chi connectivity index (χ4v) is 0.356. The Kier molecular flexibility index (Phi) is 3.15. The van der Waals surface area contributed by atoms with Gasteiger partial charge in [-0.3, -0.25) is 0 Å². The van der Waals surface area contributed by atoms with Gasteiger partial charge in [-0.15, -0.1) is 0 Å². The summed E-state index contributed by atoms with van der Waals surface area (Å²) in [6, 6.07) is 0. The van der Waals surface area contributed by atoms with E-state index in [0.717, 1.165) is 0 Å². The molecule has 0 saturated heterocycles. The molecule has 0 rings (SSSR count). The van der Waals surface area contributed by atoms with E-state index in [1.165, 1.54) is 0 Å². The van der Waals surface area contributed by atoms with Crippen molar-refractivity contribution < 1.29 is 40.6 Å². The zero-order valence-corrected chi connectivity index (χ0v) is 6.00. The molecule has 0 atom stereocenters. The van der Waals surface area contributed by atoms with Crippen LogP contribution < -0.4 is 0 Å². The van der Waals surface area contributed by atoms with Crippen molar-refractivity contribution in [1.82, 2.24) is 0 Å². The summed E-state index contributed by atoms with van der Waals surface area (Å²) in [5.41, 5.74) is 0. The lowest BCUT2D eigenvalue weighted by molar-refractivity contribution is -0.271. The van der Waals surface area contributed by atoms with Crippen molar-refractivity contribution in [1.29, 1.82) is 0 Å². The first kappa shape index (κ1) is 12.7. The van der Waals surface area contributed by atoms with E-state index in [-0.39, 0.29) is 0 Å². The average Bonchev–Trinajstić information content (AvgIpc) is 1.99. The van der Waals surface area contributed by atoms with Crippen molar-refractivity contribution in [3.8, 4) is 0 Å². The number of aliphatic carboxylic acids is 1. The molecule has 82 valence electrons. The molecular weight excluding hydrogens is 225 g/mol. The Morgan fingerprint density at radius 1 is 1.00 bits per heavy atom. The summed E-state index contributed by atoms with van der Waals surface area (Å²) in [4.78, 5) is 9.54. The van der Waals surface area contributed by atoms with Crippen LogP contribution in [0.25, 0.3) is 0 Å². The number of halogens is 7. The SMILES string of the molecule is O=C(O)C(F)=C(F)C(F)(F)C(F)(F)F. The number of carboxylic acid groups (broad SMARTS) is 1. The molecule has 0 heterocycles. The monoisotopic (exact) mass is 226 g/mol. The van der Waals surface area contributed by atoms with Crippen LogP contribution in [0.3, 0.4) is 0 Å². The fourth-order valence-electron chi connectivity index (χ4n) is 0.356. The van der Waals surface area contributed by atoms with Gasteiger partial charge in [0.25, 0.3) is 0 Å². The molecule has 1 N–H and O–H groups in total. The van der Waals surface area contributed by atoms with E-state index in [1.54, 1.807) is 0 Å². The van der Waals surface area contributed by atoms with Crippen molar-refractivity contribution in [3.05, 3.63) is 11.7 Å². The summed E-state index contributed by atoms with van der Waals surface area (Å²) in [5.74, 6) is -15.8. The van der Waals surface area contributed by atoms with Crippen LogP contribution in [0.1, 0.15) is 0 Å². The largest absolute Gasteiger partial charge is 0.476 e. The van der Waals surface area contributed by atoms with Crippen LogP contribution in [-0.2, 0) is 4.79 Å². The first-order valence-corrected chi connectivity index (χ1v) is 2.75. The molecule has 2 nitrogen and oxygen atoms in total. The third kappa shape index (κ3) is 2.15. The van der Waals surface area contributed by atoms with E-state index in [4.69, 9.17) is 5.11 Å². The first-order valence-electron chi connectivity index (χ1n) is 2.75. The molecule has 0 radical (unpaired) electrons. The highest BCUT2D eigenvalue weighted by Crippen LogP contribution is 2.42. The van der Waals surface area contributed by atoms with E-state index in [0.29, 0.717) is 0 Å². The van der Waals surface area contributed by atoms with Gasteiger partial charge in [-0.2, -0.15) is 26.3 Å². The minimum atomic E-state index is -6.39. The van der Waals surface area contributed by atoms with Gasteiger partial charge in [0, 0.05) is 0 Å². The molecule has 0 saturated carbocycles. The highest BCUT2D eigenvalue weighted by Gasteiger charge is 2.63. The zero-order valence-electron chi connectivity index (χ0n) is 6.00. The topological polar surface area (TPSA) is 37.3 Å². The van der Waals surface area contributed by atoms with Gasteiger partial charge in [0.1, 0.15) is 0 Å². The van der Waals surface area contributed by atoms with Gasteiger partial charge in [-0.1, -0.05) is 0 Å². The molecule has 0 aromatic rings.